The molecular weight excluding hydrogens is 610 g/mol. The Morgan fingerprint density at radius 2 is 2.00 bits per heavy atom. The molecule has 47 heavy (non-hydrogen) atoms. The predicted molar refractivity (Wildman–Crippen MR) is 174 cm³/mol. The highest BCUT2D eigenvalue weighted by Gasteiger charge is 2.48. The Bertz CT molecular complexity index is 2080. The molecule has 0 amide bonds. The van der Waals surface area contributed by atoms with Gasteiger partial charge in [-0.15, -0.1) is 6.42 Å². The van der Waals surface area contributed by atoms with Gasteiger partial charge in [0.2, 0.25) is 0 Å². The van der Waals surface area contributed by atoms with E-state index in [1.165, 1.54) is 24.4 Å². The first-order valence-corrected chi connectivity index (χ1v) is 15.5. The Balaban J connectivity index is 1.38. The summed E-state index contributed by atoms with van der Waals surface area (Å²) >= 11 is 0. The number of nitrogens with two attached hydrogens (primary N) is 1. The van der Waals surface area contributed by atoms with E-state index in [0.29, 0.717) is 24.9 Å². The molecule has 12 heteroatoms. The van der Waals surface area contributed by atoms with Gasteiger partial charge in [0.25, 0.3) is 6.08 Å². The molecule has 2 aliphatic heterocycles. The van der Waals surface area contributed by atoms with E-state index in [9.17, 15) is 13.2 Å². The van der Waals surface area contributed by atoms with Crippen molar-refractivity contribution >= 4 is 33.2 Å². The van der Waals surface area contributed by atoms with Crippen molar-refractivity contribution < 1.29 is 25.0 Å². The van der Waals surface area contributed by atoms with Crippen LogP contribution in [0.15, 0.2) is 42.1 Å². The quantitative estimate of drug-likeness (QED) is 0.130. The van der Waals surface area contributed by atoms with Gasteiger partial charge in [0.05, 0.1) is 19.2 Å². The molecule has 3 aliphatic rings. The van der Waals surface area contributed by atoms with Gasteiger partial charge < -0.3 is 20.7 Å². The molecule has 3 fully saturated rings. The largest absolute Gasteiger partial charge is 0.461 e. The number of nitrogens with one attached hydrogen (secondary N) is 1. The van der Waals surface area contributed by atoms with Crippen LogP contribution in [0, 0.1) is 24.0 Å². The molecule has 1 aliphatic carbocycles. The van der Waals surface area contributed by atoms with Crippen LogP contribution in [0.3, 0.4) is 0 Å². The number of pyridine rings is 1. The highest BCUT2D eigenvalue weighted by molar-refractivity contribution is 6.03. The van der Waals surface area contributed by atoms with Crippen LogP contribution in [0.4, 0.5) is 29.1 Å². The number of hydrogen-bond acceptors (Lipinski definition) is 8. The number of terminal acetylenes is 1. The molecule has 3 N–H and O–H groups in total. The van der Waals surface area contributed by atoms with Crippen molar-refractivity contribution in [1.29, 1.82) is 0 Å². The molecule has 4 heterocycles. The van der Waals surface area contributed by atoms with Crippen LogP contribution >= 0.6 is 0 Å². The van der Waals surface area contributed by atoms with Crippen molar-refractivity contribution in [3.05, 3.63) is 59.3 Å². The van der Waals surface area contributed by atoms with Crippen LogP contribution in [0.2, 0.25) is 0 Å². The van der Waals surface area contributed by atoms with Gasteiger partial charge >= 0.3 is 6.01 Å². The Morgan fingerprint density at radius 1 is 1.19 bits per heavy atom. The van der Waals surface area contributed by atoms with Crippen molar-refractivity contribution in [2.75, 3.05) is 51.3 Å². The number of rotatable bonds is 8. The molecule has 0 bridgehead atoms. The fourth-order valence-corrected chi connectivity index (χ4v) is 7.23. The van der Waals surface area contributed by atoms with Crippen molar-refractivity contribution in [1.82, 2.24) is 24.8 Å². The maximum Gasteiger partial charge on any atom is 0.319 e. The maximum atomic E-state index is 16.9. The summed E-state index contributed by atoms with van der Waals surface area (Å²) in [6, 6.07) is 5.29. The van der Waals surface area contributed by atoms with E-state index in [1.54, 1.807) is 11.0 Å². The molecule has 2 aromatic heterocycles. The van der Waals surface area contributed by atoms with Gasteiger partial charge in [-0.1, -0.05) is 12.0 Å². The van der Waals surface area contributed by atoms with Crippen LogP contribution in [0.25, 0.3) is 32.9 Å². The van der Waals surface area contributed by atoms with Gasteiger partial charge in [-0.2, -0.15) is 18.7 Å². The summed E-state index contributed by atoms with van der Waals surface area (Å²) in [6.07, 6.45) is 8.79. The van der Waals surface area contributed by atoms with Gasteiger partial charge in [0.15, 0.2) is 5.82 Å². The van der Waals surface area contributed by atoms with Crippen LogP contribution < -0.4 is 15.8 Å². The topological polar surface area (TPSA) is 92.4 Å². The first kappa shape index (κ1) is 28.7. The van der Waals surface area contributed by atoms with E-state index in [1.807, 2.05) is 14.1 Å². The van der Waals surface area contributed by atoms with Gasteiger partial charge in [-0.05, 0) is 82.8 Å². The Morgan fingerprint density at radius 3 is 2.70 bits per heavy atom. The maximum absolute atomic E-state index is 16.9. The summed E-state index contributed by atoms with van der Waals surface area (Å²) in [5.41, 5.74) is 4.36. The van der Waals surface area contributed by atoms with Crippen molar-refractivity contribution in [3.63, 3.8) is 0 Å². The molecule has 0 radical (unpaired) electrons. The van der Waals surface area contributed by atoms with E-state index >= 15 is 4.39 Å². The van der Waals surface area contributed by atoms with Crippen molar-refractivity contribution in [3.8, 4) is 29.6 Å². The lowest BCUT2D eigenvalue weighted by Gasteiger charge is -2.47. The Labute approximate surface area is 272 Å². The molecule has 7 rings (SSSR count). The molecule has 1 atom stereocenters. The van der Waals surface area contributed by atoms with Gasteiger partial charge in [0.1, 0.15) is 29.4 Å². The minimum atomic E-state index is -2.53. The number of hydrogen-bond donors (Lipinski definition) is 2. The zero-order valence-electron chi connectivity index (χ0n) is 28.1. The van der Waals surface area contributed by atoms with E-state index in [4.69, 9.17) is 19.6 Å². The van der Waals surface area contributed by atoms with E-state index in [0.717, 1.165) is 19.3 Å². The second kappa shape index (κ2) is 11.6. The molecule has 4 aromatic rings. The summed E-state index contributed by atoms with van der Waals surface area (Å²) in [7, 11) is 3.96. The number of benzene rings is 2. The smallest absolute Gasteiger partial charge is 0.319 e. The molecule has 8 nitrogen and oxygen atoms in total. The van der Waals surface area contributed by atoms with Crippen LogP contribution in [-0.4, -0.2) is 76.1 Å². The highest BCUT2D eigenvalue weighted by atomic mass is 19.3. The van der Waals surface area contributed by atoms with Crippen molar-refractivity contribution in [2.24, 2.45) is 0 Å². The second-order valence-electron chi connectivity index (χ2n) is 12.9. The lowest BCUT2D eigenvalue weighted by Crippen LogP contribution is -2.54. The molecular formula is C35H35F4N7O. The molecule has 2 aromatic carbocycles. The summed E-state index contributed by atoms with van der Waals surface area (Å²) in [6.45, 7) is -1.73. The number of halogens is 4. The zero-order chi connectivity index (χ0) is 34.9. The molecule has 244 valence electrons. The first-order chi connectivity index (χ1) is 23.3. The second-order valence-corrected chi connectivity index (χ2v) is 12.9. The summed E-state index contributed by atoms with van der Waals surface area (Å²) in [4.78, 5) is 17.1. The summed E-state index contributed by atoms with van der Waals surface area (Å²) < 4.78 is 83.1. The van der Waals surface area contributed by atoms with E-state index in [-0.39, 0.29) is 75.1 Å². The third-order valence-electron chi connectivity index (χ3n) is 10.1. The molecule has 1 unspecified atom stereocenters. The number of likely N-dealkylation sites (N-methyl/N-ethyl adjacent to an activating group) is 1. The average Bonchev–Trinajstić information content (AvgIpc) is 3.61. The number of aromatic nitrogens is 3. The SMILES string of the molecule is [2H]C([2H])(Oc1nc(NCC2(N(C)C)CCC2)c2cnc(-c3cc(N)cc4ccc(F)c(C#C)c34)c(F)c2n1)C12CCCN1CC(=C(F)F)C2. The fraction of sp³-hybridized carbons (Fsp3) is 0.400. The standard InChI is InChI=1S/C35H35F4N7O/c1-4-23-26(36)8-7-20-13-22(40)14-24(27(20)23)29-28(37)30-25(16-41-29)32(42-18-34(45(2)3)9-5-10-34)44-33(43-30)47-19-35-11-6-12-46(35)17-21(15-35)31(38)39/h1,7-8,13-14,16H,5-6,9-12,15,17-19,40H2,2-3H3,(H,42,43,44)/i19D2. The van der Waals surface area contributed by atoms with Gasteiger partial charge in [-0.25, -0.2) is 8.78 Å². The van der Waals surface area contributed by atoms with Crippen LogP contribution in [0.5, 0.6) is 6.01 Å². The first-order valence-electron chi connectivity index (χ1n) is 16.5. The number of ether oxygens (including phenoxy) is 1. The lowest BCUT2D eigenvalue weighted by atomic mass is 9.75. The summed E-state index contributed by atoms with van der Waals surface area (Å²) in [5, 5.41) is 4.23. The van der Waals surface area contributed by atoms with E-state index in [2.05, 4.69) is 31.1 Å². The van der Waals surface area contributed by atoms with Gasteiger partial charge in [0, 0.05) is 47.0 Å². The minimum absolute atomic E-state index is 0.0682. The number of anilines is 2. The monoisotopic (exact) mass is 647 g/mol. The van der Waals surface area contributed by atoms with Crippen LogP contribution in [-0.2, 0) is 0 Å². The number of nitrogens with zero attached hydrogens (tertiary/aromatic N) is 5. The van der Waals surface area contributed by atoms with E-state index < -0.39 is 35.8 Å². The third kappa shape index (κ3) is 5.22. The minimum Gasteiger partial charge on any atom is -0.461 e. The fourth-order valence-electron chi connectivity index (χ4n) is 7.23. The highest BCUT2D eigenvalue weighted by Crippen LogP contribution is 2.44. The third-order valence-corrected chi connectivity index (χ3v) is 10.1. The average molecular weight is 648 g/mol. The Hall–Kier alpha value is -4.47. The predicted octanol–water partition coefficient (Wildman–Crippen LogP) is 6.35. The zero-order valence-corrected chi connectivity index (χ0v) is 26.1. The van der Waals surface area contributed by atoms with Crippen molar-refractivity contribution in [2.45, 2.75) is 49.6 Å². The Kier molecular flexibility index (Phi) is 7.12. The molecule has 2 saturated heterocycles. The van der Waals surface area contributed by atoms with Gasteiger partial charge in [-0.3, -0.25) is 9.88 Å². The summed E-state index contributed by atoms with van der Waals surface area (Å²) in [5.74, 6) is 0.935. The lowest BCUT2D eigenvalue weighted by molar-refractivity contribution is 0.0738. The number of fused-ring (bicyclic) bond motifs is 3. The van der Waals surface area contributed by atoms with Crippen LogP contribution in [0.1, 0.15) is 46.8 Å². The molecule has 1 saturated carbocycles. The number of nitrogen functional groups attached to an aromatic ring is 1. The molecule has 0 spiro atoms. The normalized spacial score (nSPS) is 21.4.